The zero-order valence-corrected chi connectivity index (χ0v) is 24.6. The summed E-state index contributed by atoms with van der Waals surface area (Å²) in [6.07, 6.45) is 18.5. The van der Waals surface area contributed by atoms with Crippen molar-refractivity contribution in [1.29, 1.82) is 0 Å². The summed E-state index contributed by atoms with van der Waals surface area (Å²) in [5, 5.41) is 6.85. The van der Waals surface area contributed by atoms with Gasteiger partial charge >= 0.3 is 0 Å². The van der Waals surface area contributed by atoms with Crippen molar-refractivity contribution in [3.63, 3.8) is 0 Å². The van der Waals surface area contributed by atoms with E-state index in [2.05, 4.69) is 51.3 Å². The summed E-state index contributed by atoms with van der Waals surface area (Å²) in [5.74, 6) is 7.38. The van der Waals surface area contributed by atoms with Crippen LogP contribution in [-0.4, -0.2) is 25.0 Å². The Kier molecular flexibility index (Phi) is 9.67. The number of allylic oxidation sites excluding steroid dienone is 1. The lowest BCUT2D eigenvalue weighted by atomic mass is 9.49. The zero-order valence-electron chi connectivity index (χ0n) is 24.6. The Morgan fingerprint density at radius 3 is 2.64 bits per heavy atom. The third-order valence-corrected chi connectivity index (χ3v) is 11.4. The Labute approximate surface area is 223 Å². The lowest BCUT2D eigenvalue weighted by Crippen LogP contribution is -2.49. The van der Waals surface area contributed by atoms with Crippen LogP contribution in [0.4, 0.5) is 0 Å². The molecule has 0 aromatic carbocycles. The first kappa shape index (κ1) is 28.2. The number of carbonyl (C=O) groups is 1. The van der Waals surface area contributed by atoms with E-state index in [0.29, 0.717) is 17.9 Å². The maximum absolute atomic E-state index is 11.5. The van der Waals surface area contributed by atoms with E-state index in [0.717, 1.165) is 66.9 Å². The van der Waals surface area contributed by atoms with E-state index < -0.39 is 0 Å². The molecule has 0 saturated heterocycles. The maximum Gasteiger partial charge on any atom is 0.219 e. The van der Waals surface area contributed by atoms with E-state index in [1.165, 1.54) is 64.2 Å². The van der Waals surface area contributed by atoms with Crippen molar-refractivity contribution in [1.82, 2.24) is 10.6 Å². The summed E-state index contributed by atoms with van der Waals surface area (Å²) in [4.78, 5) is 11.5. The maximum atomic E-state index is 11.5. The number of hydrogen-bond donors (Lipinski definition) is 2. The summed E-state index contributed by atoms with van der Waals surface area (Å²) < 4.78 is 0. The van der Waals surface area contributed by atoms with Crippen molar-refractivity contribution in [2.75, 3.05) is 13.1 Å². The summed E-state index contributed by atoms with van der Waals surface area (Å²) in [6, 6.07) is 0.623. The third-order valence-electron chi connectivity index (χ3n) is 11.4. The van der Waals surface area contributed by atoms with Crippen LogP contribution in [0.25, 0.3) is 0 Å². The van der Waals surface area contributed by atoms with Crippen LogP contribution < -0.4 is 10.6 Å². The van der Waals surface area contributed by atoms with Crippen LogP contribution in [-0.2, 0) is 4.79 Å². The van der Waals surface area contributed by atoms with Gasteiger partial charge in [-0.25, -0.2) is 0 Å². The second kappa shape index (κ2) is 12.4. The zero-order chi connectivity index (χ0) is 25.9. The van der Waals surface area contributed by atoms with Crippen LogP contribution >= 0.6 is 0 Å². The van der Waals surface area contributed by atoms with Gasteiger partial charge in [-0.2, -0.15) is 0 Å². The molecule has 3 fully saturated rings. The highest BCUT2D eigenvalue weighted by Gasteiger charge is 2.57. The minimum absolute atomic E-state index is 0.170. The molecular weight excluding hydrogens is 440 g/mol. The highest BCUT2D eigenvalue weighted by atomic mass is 16.1. The molecule has 4 aliphatic rings. The fourth-order valence-corrected chi connectivity index (χ4v) is 9.70. The molecule has 4 rings (SSSR count). The van der Waals surface area contributed by atoms with Crippen LogP contribution in [0, 0.1) is 52.8 Å². The lowest BCUT2D eigenvalue weighted by Gasteiger charge is -2.56. The van der Waals surface area contributed by atoms with E-state index in [1.807, 2.05) is 6.92 Å². The van der Waals surface area contributed by atoms with Gasteiger partial charge in [-0.15, -0.1) is 0 Å². The van der Waals surface area contributed by atoms with Gasteiger partial charge in [0, 0.05) is 19.0 Å². The van der Waals surface area contributed by atoms with Gasteiger partial charge in [-0.1, -0.05) is 72.5 Å². The minimum atomic E-state index is 0.170. The average Bonchev–Trinajstić information content (AvgIpc) is 3.20. The second-order valence-corrected chi connectivity index (χ2v) is 14.1. The molecular formula is C33H58N2O. The smallest absolute Gasteiger partial charge is 0.219 e. The molecule has 0 spiro atoms. The average molecular weight is 499 g/mol. The number of amides is 1. The summed E-state index contributed by atoms with van der Waals surface area (Å²) in [7, 11) is 0. The van der Waals surface area contributed by atoms with E-state index in [1.54, 1.807) is 5.57 Å². The third kappa shape index (κ3) is 6.08. The Bertz CT molecular complexity index is 759. The van der Waals surface area contributed by atoms with Crippen molar-refractivity contribution in [3.8, 4) is 0 Å². The van der Waals surface area contributed by atoms with Gasteiger partial charge in [-0.05, 0) is 111 Å². The van der Waals surface area contributed by atoms with Gasteiger partial charge in [0.05, 0.1) is 0 Å². The molecule has 3 nitrogen and oxygen atoms in total. The Hall–Kier alpha value is -0.830. The molecule has 9 atom stereocenters. The normalized spacial score (nSPS) is 38.6. The molecule has 0 aromatic rings. The molecule has 3 saturated carbocycles. The Morgan fingerprint density at radius 1 is 1.08 bits per heavy atom. The molecule has 0 bridgehead atoms. The predicted molar refractivity (Wildman–Crippen MR) is 153 cm³/mol. The van der Waals surface area contributed by atoms with Crippen LogP contribution in [0.15, 0.2) is 11.6 Å². The van der Waals surface area contributed by atoms with E-state index in [4.69, 9.17) is 0 Å². The molecule has 3 heteroatoms. The van der Waals surface area contributed by atoms with Crippen LogP contribution in [0.2, 0.25) is 0 Å². The molecule has 0 aromatic heterocycles. The SMILES string of the molecule is CCC(=O)NCCCN[C@@H]1CC2=CC[C@H]3C(CCC4(C)C([C@H](C)CCCC(C)C)CC[C@@H]34)C2C(C)C1. The number of carbonyl (C=O) groups excluding carboxylic acids is 1. The number of nitrogens with one attached hydrogen (secondary N) is 2. The van der Waals surface area contributed by atoms with Crippen LogP contribution in [0.5, 0.6) is 0 Å². The van der Waals surface area contributed by atoms with Gasteiger partial charge in [0.2, 0.25) is 5.91 Å². The number of fused-ring (bicyclic) bond motifs is 5. The van der Waals surface area contributed by atoms with E-state index in [9.17, 15) is 4.79 Å². The molecule has 0 aliphatic heterocycles. The van der Waals surface area contributed by atoms with Gasteiger partial charge in [0.1, 0.15) is 0 Å². The van der Waals surface area contributed by atoms with E-state index >= 15 is 0 Å². The Balaban J connectivity index is 1.33. The standard InChI is InChI=1S/C33H58N2O/c1-7-31(36)35-19-9-18-34-26-20-24(5)32-25(21-26)12-13-27-28(32)16-17-33(6)29(14-15-30(27)33)23(4)11-8-10-22(2)3/h12,22-24,26-30,32,34H,7-11,13-21H2,1-6H3,(H,35,36)/t23-,24?,26+,27+,28?,29?,30+,32?,33?/m1/s1. The van der Waals surface area contributed by atoms with Crippen LogP contribution in [0.3, 0.4) is 0 Å². The Morgan fingerprint density at radius 2 is 1.89 bits per heavy atom. The van der Waals surface area contributed by atoms with Crippen molar-refractivity contribution >= 4 is 5.91 Å². The molecule has 2 N–H and O–H groups in total. The highest BCUT2D eigenvalue weighted by Crippen LogP contribution is 2.65. The molecule has 36 heavy (non-hydrogen) atoms. The molecule has 5 unspecified atom stereocenters. The molecule has 206 valence electrons. The number of hydrogen-bond acceptors (Lipinski definition) is 2. The predicted octanol–water partition coefficient (Wildman–Crippen LogP) is 7.76. The number of rotatable bonds is 11. The monoisotopic (exact) mass is 498 g/mol. The van der Waals surface area contributed by atoms with Gasteiger partial charge < -0.3 is 10.6 Å². The van der Waals surface area contributed by atoms with Crippen molar-refractivity contribution in [3.05, 3.63) is 11.6 Å². The van der Waals surface area contributed by atoms with Crippen molar-refractivity contribution in [2.45, 2.75) is 125 Å². The second-order valence-electron chi connectivity index (χ2n) is 14.1. The first-order chi connectivity index (χ1) is 17.2. The molecule has 0 radical (unpaired) electrons. The summed E-state index contributed by atoms with van der Waals surface area (Å²) >= 11 is 0. The van der Waals surface area contributed by atoms with Gasteiger partial charge in [0.15, 0.2) is 0 Å². The van der Waals surface area contributed by atoms with Crippen molar-refractivity contribution in [2.24, 2.45) is 52.8 Å². The fraction of sp³-hybridized carbons (Fsp3) is 0.909. The topological polar surface area (TPSA) is 41.1 Å². The quantitative estimate of drug-likeness (QED) is 0.226. The van der Waals surface area contributed by atoms with Crippen LogP contribution in [0.1, 0.15) is 119 Å². The fourth-order valence-electron chi connectivity index (χ4n) is 9.70. The van der Waals surface area contributed by atoms with Gasteiger partial charge in [0.25, 0.3) is 0 Å². The minimum Gasteiger partial charge on any atom is -0.356 e. The first-order valence-corrected chi connectivity index (χ1v) is 15.9. The van der Waals surface area contributed by atoms with Crippen molar-refractivity contribution < 1.29 is 4.79 Å². The molecule has 0 heterocycles. The lowest BCUT2D eigenvalue weighted by molar-refractivity contribution is -0.120. The summed E-state index contributed by atoms with van der Waals surface area (Å²) in [5.41, 5.74) is 2.39. The van der Waals surface area contributed by atoms with E-state index in [-0.39, 0.29) is 5.91 Å². The highest BCUT2D eigenvalue weighted by molar-refractivity contribution is 5.75. The first-order valence-electron chi connectivity index (χ1n) is 15.9. The molecule has 1 amide bonds. The summed E-state index contributed by atoms with van der Waals surface area (Å²) in [6.45, 7) is 16.4. The van der Waals surface area contributed by atoms with Gasteiger partial charge in [-0.3, -0.25) is 4.79 Å². The molecule has 4 aliphatic carbocycles. The largest absolute Gasteiger partial charge is 0.356 e.